The predicted octanol–water partition coefficient (Wildman–Crippen LogP) is 5.42. The van der Waals surface area contributed by atoms with E-state index in [0.717, 1.165) is 13.1 Å². The van der Waals surface area contributed by atoms with Gasteiger partial charge in [-0.1, -0.05) is 43.3 Å². The van der Waals surface area contributed by atoms with Gasteiger partial charge in [0.25, 0.3) is 0 Å². The van der Waals surface area contributed by atoms with Crippen LogP contribution >= 0.6 is 11.9 Å². The van der Waals surface area contributed by atoms with E-state index in [0.29, 0.717) is 18.9 Å². The SMILES string of the molecule is C#CC/C=C\N(CCOC)CC(C)c1ccc(N(C)Sc2ccccc2)cc1. The van der Waals surface area contributed by atoms with Crippen molar-refractivity contribution in [1.82, 2.24) is 4.90 Å². The molecule has 0 amide bonds. The largest absolute Gasteiger partial charge is 0.383 e. The lowest BCUT2D eigenvalue weighted by Gasteiger charge is -2.25. The molecule has 0 saturated heterocycles. The van der Waals surface area contributed by atoms with Crippen LogP contribution in [0.4, 0.5) is 5.69 Å². The van der Waals surface area contributed by atoms with Crippen LogP contribution < -0.4 is 4.31 Å². The van der Waals surface area contributed by atoms with Crippen molar-refractivity contribution < 1.29 is 4.74 Å². The van der Waals surface area contributed by atoms with E-state index in [1.165, 1.54) is 16.1 Å². The molecule has 1 atom stereocenters. The minimum atomic E-state index is 0.411. The molecule has 0 aromatic heterocycles. The van der Waals surface area contributed by atoms with Gasteiger partial charge in [-0.15, -0.1) is 12.3 Å². The predicted molar refractivity (Wildman–Crippen MR) is 122 cm³/mol. The van der Waals surface area contributed by atoms with E-state index in [9.17, 15) is 0 Å². The van der Waals surface area contributed by atoms with E-state index in [1.54, 1.807) is 19.1 Å². The number of benzene rings is 2. The average molecular weight is 395 g/mol. The summed E-state index contributed by atoms with van der Waals surface area (Å²) >= 11 is 1.73. The van der Waals surface area contributed by atoms with Crippen molar-refractivity contribution in [1.29, 1.82) is 0 Å². The smallest absolute Gasteiger partial charge is 0.0637 e. The zero-order chi connectivity index (χ0) is 20.2. The van der Waals surface area contributed by atoms with E-state index in [4.69, 9.17) is 11.2 Å². The van der Waals surface area contributed by atoms with Gasteiger partial charge in [0.1, 0.15) is 0 Å². The lowest BCUT2D eigenvalue weighted by Crippen LogP contribution is -2.26. The summed E-state index contributed by atoms with van der Waals surface area (Å²) in [4.78, 5) is 3.51. The zero-order valence-corrected chi connectivity index (χ0v) is 17.9. The van der Waals surface area contributed by atoms with Gasteiger partial charge in [0, 0.05) is 44.3 Å². The van der Waals surface area contributed by atoms with E-state index in [1.807, 2.05) is 12.1 Å². The van der Waals surface area contributed by atoms with Gasteiger partial charge in [-0.25, -0.2) is 0 Å². The van der Waals surface area contributed by atoms with Crippen molar-refractivity contribution in [3.8, 4) is 12.3 Å². The van der Waals surface area contributed by atoms with Gasteiger partial charge in [-0.05, 0) is 53.9 Å². The molecule has 0 spiro atoms. The topological polar surface area (TPSA) is 15.7 Å². The molecule has 0 N–H and O–H groups in total. The van der Waals surface area contributed by atoms with Crippen molar-refractivity contribution in [2.75, 3.05) is 38.2 Å². The maximum atomic E-state index is 5.34. The molecule has 0 heterocycles. The molecule has 148 valence electrons. The van der Waals surface area contributed by atoms with Gasteiger partial charge in [0.05, 0.1) is 6.61 Å². The second-order valence-corrected chi connectivity index (χ2v) is 7.88. The van der Waals surface area contributed by atoms with Crippen molar-refractivity contribution in [3.63, 3.8) is 0 Å². The molecule has 2 rings (SSSR count). The Morgan fingerprint density at radius 3 is 2.50 bits per heavy atom. The normalized spacial score (nSPS) is 11.9. The number of hydrogen-bond donors (Lipinski definition) is 0. The van der Waals surface area contributed by atoms with Crippen LogP contribution in [0.2, 0.25) is 0 Å². The molecule has 0 radical (unpaired) electrons. The van der Waals surface area contributed by atoms with Crippen LogP contribution in [0.15, 0.2) is 71.8 Å². The van der Waals surface area contributed by atoms with E-state index in [-0.39, 0.29) is 0 Å². The number of terminal acetylenes is 1. The Morgan fingerprint density at radius 1 is 1.14 bits per heavy atom. The minimum Gasteiger partial charge on any atom is -0.383 e. The van der Waals surface area contributed by atoms with Gasteiger partial charge in [0.15, 0.2) is 0 Å². The van der Waals surface area contributed by atoms with Crippen LogP contribution in [0.5, 0.6) is 0 Å². The Bertz CT molecular complexity index is 752. The fraction of sp³-hybridized carbons (Fsp3) is 0.333. The lowest BCUT2D eigenvalue weighted by molar-refractivity contribution is 0.167. The van der Waals surface area contributed by atoms with Crippen LogP contribution in [-0.4, -0.2) is 38.8 Å². The van der Waals surface area contributed by atoms with E-state index < -0.39 is 0 Å². The van der Waals surface area contributed by atoms with Crippen LogP contribution in [0.1, 0.15) is 24.8 Å². The maximum absolute atomic E-state index is 5.34. The van der Waals surface area contributed by atoms with E-state index in [2.05, 4.69) is 83.8 Å². The third kappa shape index (κ3) is 7.34. The Labute approximate surface area is 174 Å². The number of hydrogen-bond acceptors (Lipinski definition) is 4. The van der Waals surface area contributed by atoms with E-state index >= 15 is 0 Å². The Hall–Kier alpha value is -2.35. The molecular weight excluding hydrogens is 364 g/mol. The fourth-order valence-electron chi connectivity index (χ4n) is 2.87. The minimum absolute atomic E-state index is 0.411. The number of nitrogens with zero attached hydrogens (tertiary/aromatic N) is 2. The Kier molecular flexibility index (Phi) is 9.54. The highest BCUT2D eigenvalue weighted by Crippen LogP contribution is 2.28. The van der Waals surface area contributed by atoms with Crippen LogP contribution in [0.25, 0.3) is 0 Å². The molecule has 0 aliphatic rings. The van der Waals surface area contributed by atoms with Gasteiger partial charge in [0.2, 0.25) is 0 Å². The highest BCUT2D eigenvalue weighted by atomic mass is 32.2. The van der Waals surface area contributed by atoms with Crippen LogP contribution in [0, 0.1) is 12.3 Å². The number of allylic oxidation sites excluding steroid dienone is 1. The van der Waals surface area contributed by atoms with Gasteiger partial charge < -0.3 is 13.9 Å². The molecule has 0 bridgehead atoms. The van der Waals surface area contributed by atoms with Gasteiger partial charge in [-0.3, -0.25) is 0 Å². The third-order valence-corrected chi connectivity index (χ3v) is 5.42. The number of methoxy groups -OCH3 is 1. The summed E-state index contributed by atoms with van der Waals surface area (Å²) in [6, 6.07) is 19.2. The Morgan fingerprint density at radius 2 is 1.86 bits per heavy atom. The summed E-state index contributed by atoms with van der Waals surface area (Å²) in [6.45, 7) is 4.74. The van der Waals surface area contributed by atoms with Crippen molar-refractivity contribution in [2.24, 2.45) is 0 Å². The van der Waals surface area contributed by atoms with Gasteiger partial charge >= 0.3 is 0 Å². The first-order chi connectivity index (χ1) is 13.6. The fourth-order valence-corrected chi connectivity index (χ4v) is 3.69. The molecular formula is C24H30N2OS. The van der Waals surface area contributed by atoms with Crippen molar-refractivity contribution in [2.45, 2.75) is 24.2 Å². The monoisotopic (exact) mass is 394 g/mol. The lowest BCUT2D eigenvalue weighted by atomic mass is 10.0. The summed E-state index contributed by atoms with van der Waals surface area (Å²) in [5.41, 5.74) is 2.52. The summed E-state index contributed by atoms with van der Waals surface area (Å²) in [7, 11) is 3.83. The first kappa shape index (κ1) is 21.9. The summed E-state index contributed by atoms with van der Waals surface area (Å²) < 4.78 is 7.42. The summed E-state index contributed by atoms with van der Waals surface area (Å²) in [5, 5.41) is 0. The zero-order valence-electron chi connectivity index (χ0n) is 17.0. The molecule has 2 aromatic carbocycles. The molecule has 0 fully saturated rings. The molecule has 0 aliphatic carbocycles. The van der Waals surface area contributed by atoms with Crippen LogP contribution in [0.3, 0.4) is 0 Å². The second kappa shape index (κ2) is 12.2. The highest BCUT2D eigenvalue weighted by Gasteiger charge is 2.11. The van der Waals surface area contributed by atoms with Gasteiger partial charge in [-0.2, -0.15) is 0 Å². The molecule has 2 aromatic rings. The molecule has 0 saturated carbocycles. The second-order valence-electron chi connectivity index (χ2n) is 6.68. The third-order valence-electron chi connectivity index (χ3n) is 4.45. The average Bonchev–Trinajstić information content (AvgIpc) is 2.72. The highest BCUT2D eigenvalue weighted by molar-refractivity contribution is 8.00. The standard InChI is InChI=1S/C24H30N2OS/c1-5-6-10-17-26(18-19-27-4)20-21(2)22-13-15-23(16-14-22)25(3)28-24-11-8-7-9-12-24/h1,7-17,21H,6,18-20H2,2-4H3/b17-10-. The summed E-state index contributed by atoms with van der Waals surface area (Å²) in [6.07, 6.45) is 10.1. The first-order valence-electron chi connectivity index (χ1n) is 9.54. The molecule has 4 heteroatoms. The molecule has 3 nitrogen and oxygen atoms in total. The quantitative estimate of drug-likeness (QED) is 0.373. The Balaban J connectivity index is 1.97. The maximum Gasteiger partial charge on any atom is 0.0637 e. The molecule has 28 heavy (non-hydrogen) atoms. The van der Waals surface area contributed by atoms with Crippen LogP contribution in [-0.2, 0) is 4.74 Å². The summed E-state index contributed by atoms with van der Waals surface area (Å²) in [5.74, 6) is 3.06. The number of rotatable bonds is 11. The molecule has 1 unspecified atom stereocenters. The molecule has 0 aliphatic heterocycles. The van der Waals surface area contributed by atoms with Crippen molar-refractivity contribution in [3.05, 3.63) is 72.4 Å². The number of ether oxygens (including phenoxy) is 1. The first-order valence-corrected chi connectivity index (χ1v) is 10.3. The number of anilines is 1. The van der Waals surface area contributed by atoms with Crippen molar-refractivity contribution >= 4 is 17.6 Å².